The van der Waals surface area contributed by atoms with Crippen molar-refractivity contribution >= 4 is 11.8 Å². The Hall–Kier alpha value is -2.95. The van der Waals surface area contributed by atoms with Crippen LogP contribution < -0.4 is 15.4 Å². The molecule has 0 unspecified atom stereocenters. The summed E-state index contributed by atoms with van der Waals surface area (Å²) in [4.78, 5) is 8.11. The van der Waals surface area contributed by atoms with Crippen molar-refractivity contribution in [2.75, 3.05) is 17.7 Å². The van der Waals surface area contributed by atoms with Crippen molar-refractivity contribution in [3.8, 4) is 11.8 Å². The van der Waals surface area contributed by atoms with Crippen LogP contribution in [0.25, 0.3) is 0 Å². The zero-order chi connectivity index (χ0) is 15.9. The molecule has 0 bridgehead atoms. The lowest BCUT2D eigenvalue weighted by Gasteiger charge is -2.11. The molecule has 8 heteroatoms. The molecular formula is C14H13F2N5O. The van der Waals surface area contributed by atoms with E-state index < -0.39 is 6.61 Å². The molecule has 0 amide bonds. The molecule has 1 aromatic heterocycles. The highest BCUT2D eigenvalue weighted by Gasteiger charge is 2.10. The average Bonchev–Trinajstić information content (AvgIpc) is 2.53. The van der Waals surface area contributed by atoms with E-state index in [1.807, 2.05) is 6.07 Å². The lowest BCUT2D eigenvalue weighted by molar-refractivity contribution is -0.0504. The third-order valence-electron chi connectivity index (χ3n) is 2.77. The predicted octanol–water partition coefficient (Wildman–Crippen LogP) is 2.60. The van der Waals surface area contributed by atoms with Crippen molar-refractivity contribution in [1.29, 1.82) is 5.26 Å². The Kier molecular flexibility index (Phi) is 5.03. The minimum Gasteiger partial charge on any atom is -0.434 e. The molecule has 2 rings (SSSR count). The number of alkyl halides is 2. The van der Waals surface area contributed by atoms with Gasteiger partial charge in [-0.05, 0) is 6.07 Å². The molecule has 0 radical (unpaired) electrons. The molecule has 1 aromatic carbocycles. The second-order valence-corrected chi connectivity index (χ2v) is 4.16. The number of nitrogens with zero attached hydrogens (tertiary/aromatic N) is 3. The fourth-order valence-electron chi connectivity index (χ4n) is 1.77. The molecule has 1 heterocycles. The maximum Gasteiger partial charge on any atom is 0.387 e. The average molecular weight is 305 g/mol. The first-order valence-corrected chi connectivity index (χ1v) is 6.35. The van der Waals surface area contributed by atoms with Crippen LogP contribution in [0, 0.1) is 11.3 Å². The smallest absolute Gasteiger partial charge is 0.387 e. The van der Waals surface area contributed by atoms with E-state index in [-0.39, 0.29) is 18.2 Å². The van der Waals surface area contributed by atoms with Gasteiger partial charge < -0.3 is 15.4 Å². The Labute approximate surface area is 125 Å². The first-order chi connectivity index (χ1) is 10.6. The van der Waals surface area contributed by atoms with Crippen LogP contribution in [0.3, 0.4) is 0 Å². The van der Waals surface area contributed by atoms with E-state index in [9.17, 15) is 8.78 Å². The van der Waals surface area contributed by atoms with Gasteiger partial charge in [-0.1, -0.05) is 18.2 Å². The number of hydrogen-bond donors (Lipinski definition) is 2. The topological polar surface area (TPSA) is 82.9 Å². The zero-order valence-corrected chi connectivity index (χ0v) is 11.7. The summed E-state index contributed by atoms with van der Waals surface area (Å²) in [5.74, 6) is 0.750. The molecule has 0 spiro atoms. The molecule has 2 aromatic rings. The molecule has 6 nitrogen and oxygen atoms in total. The van der Waals surface area contributed by atoms with E-state index in [4.69, 9.17) is 5.26 Å². The van der Waals surface area contributed by atoms with E-state index >= 15 is 0 Å². The second-order valence-electron chi connectivity index (χ2n) is 4.16. The Morgan fingerprint density at radius 2 is 2.14 bits per heavy atom. The number of hydrogen-bond acceptors (Lipinski definition) is 6. The van der Waals surface area contributed by atoms with E-state index in [0.717, 1.165) is 0 Å². The Morgan fingerprint density at radius 3 is 2.82 bits per heavy atom. The van der Waals surface area contributed by atoms with E-state index in [1.54, 1.807) is 25.2 Å². The van der Waals surface area contributed by atoms with Crippen molar-refractivity contribution in [3.05, 3.63) is 41.6 Å². The van der Waals surface area contributed by atoms with Gasteiger partial charge in [0.15, 0.2) is 0 Å². The number of rotatable bonds is 6. The summed E-state index contributed by atoms with van der Waals surface area (Å²) in [6.07, 6.45) is 1.38. The van der Waals surface area contributed by atoms with Crippen molar-refractivity contribution in [3.63, 3.8) is 0 Å². The number of halogens is 2. The van der Waals surface area contributed by atoms with Crippen LogP contribution in [0.4, 0.5) is 20.5 Å². The van der Waals surface area contributed by atoms with Gasteiger partial charge in [-0.3, -0.25) is 0 Å². The number of nitrogens with one attached hydrogen (secondary N) is 2. The molecule has 2 N–H and O–H groups in total. The number of nitriles is 1. The number of benzene rings is 1. The minimum absolute atomic E-state index is 0.0903. The van der Waals surface area contributed by atoms with Crippen LogP contribution in [0.15, 0.2) is 30.5 Å². The van der Waals surface area contributed by atoms with E-state index in [0.29, 0.717) is 16.9 Å². The van der Waals surface area contributed by atoms with Gasteiger partial charge >= 0.3 is 6.61 Å². The fourth-order valence-corrected chi connectivity index (χ4v) is 1.77. The first kappa shape index (κ1) is 15.4. The standard InChI is InChI=1S/C14H13F2N5O/c1-18-12-10(6-17)8-20-14(21-12)19-7-9-4-2-3-5-11(9)22-13(15)16/h2-5,8,13H,7H2,1H3,(H2,18,19,20,21). The highest BCUT2D eigenvalue weighted by Crippen LogP contribution is 2.21. The summed E-state index contributed by atoms with van der Waals surface area (Å²) in [5, 5.41) is 14.6. The third kappa shape index (κ3) is 3.79. The molecule has 0 aliphatic carbocycles. The van der Waals surface area contributed by atoms with Gasteiger partial charge in [0.2, 0.25) is 5.95 Å². The normalized spacial score (nSPS) is 10.1. The van der Waals surface area contributed by atoms with Crippen LogP contribution in [-0.4, -0.2) is 23.6 Å². The first-order valence-electron chi connectivity index (χ1n) is 6.35. The van der Waals surface area contributed by atoms with Crippen molar-refractivity contribution in [1.82, 2.24) is 9.97 Å². The zero-order valence-electron chi connectivity index (χ0n) is 11.7. The van der Waals surface area contributed by atoms with E-state index in [1.165, 1.54) is 12.3 Å². The van der Waals surface area contributed by atoms with Crippen LogP contribution >= 0.6 is 0 Å². The third-order valence-corrected chi connectivity index (χ3v) is 2.77. The van der Waals surface area contributed by atoms with Gasteiger partial charge in [-0.15, -0.1) is 0 Å². The number of ether oxygens (including phenoxy) is 1. The van der Waals surface area contributed by atoms with Gasteiger partial charge in [0.1, 0.15) is 23.2 Å². The molecule has 0 fully saturated rings. The summed E-state index contributed by atoms with van der Waals surface area (Å²) < 4.78 is 29.1. The number of anilines is 2. The van der Waals surface area contributed by atoms with Crippen LogP contribution in [0.5, 0.6) is 5.75 Å². The van der Waals surface area contributed by atoms with Crippen LogP contribution in [0.2, 0.25) is 0 Å². The Balaban J connectivity index is 2.12. The van der Waals surface area contributed by atoms with Crippen LogP contribution in [0.1, 0.15) is 11.1 Å². The molecule has 0 aliphatic rings. The minimum atomic E-state index is -2.89. The molecule has 0 aliphatic heterocycles. The quantitative estimate of drug-likeness (QED) is 0.853. The molecule has 114 valence electrons. The summed E-state index contributed by atoms with van der Waals surface area (Å²) in [7, 11) is 1.64. The summed E-state index contributed by atoms with van der Waals surface area (Å²) in [6, 6.07) is 8.41. The SMILES string of the molecule is CNc1nc(NCc2ccccc2OC(F)F)ncc1C#N. The highest BCUT2D eigenvalue weighted by atomic mass is 19.3. The summed E-state index contributed by atoms with van der Waals surface area (Å²) in [5.41, 5.74) is 0.858. The molecule has 0 saturated carbocycles. The largest absolute Gasteiger partial charge is 0.434 e. The van der Waals surface area contributed by atoms with Crippen LogP contribution in [-0.2, 0) is 6.54 Å². The number of para-hydroxylation sites is 1. The van der Waals surface area contributed by atoms with Crippen molar-refractivity contribution < 1.29 is 13.5 Å². The summed E-state index contributed by atoms with van der Waals surface area (Å²) >= 11 is 0. The highest BCUT2D eigenvalue weighted by molar-refractivity contribution is 5.53. The monoisotopic (exact) mass is 305 g/mol. The molecule has 0 saturated heterocycles. The van der Waals surface area contributed by atoms with Gasteiger partial charge in [0.05, 0.1) is 6.20 Å². The van der Waals surface area contributed by atoms with Gasteiger partial charge in [0, 0.05) is 19.2 Å². The second kappa shape index (κ2) is 7.17. The lowest BCUT2D eigenvalue weighted by atomic mass is 10.2. The van der Waals surface area contributed by atoms with Gasteiger partial charge in [-0.2, -0.15) is 19.0 Å². The van der Waals surface area contributed by atoms with Gasteiger partial charge in [-0.25, -0.2) is 4.98 Å². The summed E-state index contributed by atoms with van der Waals surface area (Å²) in [6.45, 7) is -2.68. The molecular weight excluding hydrogens is 292 g/mol. The van der Waals surface area contributed by atoms with Crippen molar-refractivity contribution in [2.45, 2.75) is 13.2 Å². The van der Waals surface area contributed by atoms with Gasteiger partial charge in [0.25, 0.3) is 0 Å². The fraction of sp³-hybridized carbons (Fsp3) is 0.214. The Bertz CT molecular complexity index is 687. The maximum absolute atomic E-state index is 12.3. The molecule has 0 atom stereocenters. The lowest BCUT2D eigenvalue weighted by Crippen LogP contribution is -2.09. The van der Waals surface area contributed by atoms with E-state index in [2.05, 4.69) is 25.3 Å². The Morgan fingerprint density at radius 1 is 1.36 bits per heavy atom. The van der Waals surface area contributed by atoms with Crippen molar-refractivity contribution in [2.24, 2.45) is 0 Å². The maximum atomic E-state index is 12.3. The number of aromatic nitrogens is 2. The predicted molar refractivity (Wildman–Crippen MR) is 76.7 cm³/mol. The molecule has 22 heavy (non-hydrogen) atoms.